The summed E-state index contributed by atoms with van der Waals surface area (Å²) in [4.78, 5) is 16.1. The van der Waals surface area contributed by atoms with E-state index in [1.54, 1.807) is 19.2 Å². The van der Waals surface area contributed by atoms with Gasteiger partial charge in [-0.25, -0.2) is 4.39 Å². The highest BCUT2D eigenvalue weighted by Crippen LogP contribution is 2.28. The van der Waals surface area contributed by atoms with Crippen LogP contribution in [0.2, 0.25) is 0 Å². The summed E-state index contributed by atoms with van der Waals surface area (Å²) in [5.41, 5.74) is 0.894. The second-order valence-electron chi connectivity index (χ2n) is 5.72. The third-order valence-electron chi connectivity index (χ3n) is 4.15. The summed E-state index contributed by atoms with van der Waals surface area (Å²) in [5, 5.41) is 9.79. The number of carbonyl (C=O) groups is 1. The van der Waals surface area contributed by atoms with E-state index in [1.165, 1.54) is 12.1 Å². The van der Waals surface area contributed by atoms with Crippen molar-refractivity contribution in [2.24, 2.45) is 5.92 Å². The van der Waals surface area contributed by atoms with E-state index >= 15 is 0 Å². The van der Waals surface area contributed by atoms with Crippen molar-refractivity contribution < 1.29 is 13.7 Å². The molecule has 1 aliphatic rings. The topological polar surface area (TPSA) is 80.0 Å². The maximum absolute atomic E-state index is 12.9. The molecular formula is C16H19FN4O2. The molecule has 6 nitrogen and oxygen atoms in total. The Hall–Kier alpha value is -2.44. The minimum absolute atomic E-state index is 0.0196. The molecule has 23 heavy (non-hydrogen) atoms. The number of rotatable bonds is 5. The van der Waals surface area contributed by atoms with Crippen LogP contribution in [0.3, 0.4) is 0 Å². The zero-order valence-corrected chi connectivity index (χ0v) is 12.9. The Kier molecular flexibility index (Phi) is 4.55. The number of benzene rings is 1. The van der Waals surface area contributed by atoms with Gasteiger partial charge in [0.1, 0.15) is 5.82 Å². The van der Waals surface area contributed by atoms with Crippen LogP contribution in [0.25, 0.3) is 0 Å². The smallest absolute Gasteiger partial charge is 0.263 e. The van der Waals surface area contributed by atoms with Gasteiger partial charge < -0.3 is 15.2 Å². The number of nitrogens with one attached hydrogen (secondary N) is 2. The highest BCUT2D eigenvalue weighted by molar-refractivity contribution is 5.79. The molecule has 3 rings (SSSR count). The Balaban J connectivity index is 1.63. The molecule has 1 aromatic carbocycles. The lowest BCUT2D eigenvalue weighted by Crippen LogP contribution is -2.36. The van der Waals surface area contributed by atoms with Gasteiger partial charge >= 0.3 is 0 Å². The van der Waals surface area contributed by atoms with E-state index in [1.807, 2.05) is 0 Å². The first kappa shape index (κ1) is 15.5. The van der Waals surface area contributed by atoms with Crippen molar-refractivity contribution in [3.8, 4) is 0 Å². The molecule has 122 valence electrons. The van der Waals surface area contributed by atoms with Crippen LogP contribution >= 0.6 is 0 Å². The molecule has 0 aliphatic heterocycles. The molecule has 2 aromatic rings. The molecule has 1 amide bonds. The van der Waals surface area contributed by atoms with Gasteiger partial charge in [-0.15, -0.1) is 0 Å². The van der Waals surface area contributed by atoms with E-state index in [2.05, 4.69) is 20.8 Å². The largest absolute Gasteiger partial charge is 0.359 e. The Morgan fingerprint density at radius 2 is 2.13 bits per heavy atom. The van der Waals surface area contributed by atoms with E-state index in [9.17, 15) is 9.18 Å². The molecule has 0 unspecified atom stereocenters. The van der Waals surface area contributed by atoms with Gasteiger partial charge in [0.15, 0.2) is 0 Å². The predicted octanol–water partition coefficient (Wildman–Crippen LogP) is 2.13. The summed E-state index contributed by atoms with van der Waals surface area (Å²) in [5.74, 6) is 0.536. The van der Waals surface area contributed by atoms with Crippen molar-refractivity contribution in [3.05, 3.63) is 41.5 Å². The second kappa shape index (κ2) is 6.76. The van der Waals surface area contributed by atoms with Crippen LogP contribution in [0.15, 0.2) is 28.8 Å². The van der Waals surface area contributed by atoms with Gasteiger partial charge in [0, 0.05) is 13.1 Å². The van der Waals surface area contributed by atoms with Gasteiger partial charge in [0.05, 0.1) is 12.3 Å². The van der Waals surface area contributed by atoms with Crippen molar-refractivity contribution in [2.75, 3.05) is 12.4 Å². The first-order chi connectivity index (χ1) is 11.2. The normalized spacial score (nSPS) is 20.4. The summed E-state index contributed by atoms with van der Waals surface area (Å²) in [6, 6.07) is 6.19. The third-order valence-corrected chi connectivity index (χ3v) is 4.15. The summed E-state index contributed by atoms with van der Waals surface area (Å²) < 4.78 is 18.1. The number of carbonyl (C=O) groups excluding carboxylic acids is 1. The van der Waals surface area contributed by atoms with Crippen LogP contribution in [0.5, 0.6) is 0 Å². The van der Waals surface area contributed by atoms with Gasteiger partial charge in [-0.05, 0) is 35.7 Å². The molecule has 0 bridgehead atoms. The number of amides is 1. The van der Waals surface area contributed by atoms with Gasteiger partial charge in [0.25, 0.3) is 5.95 Å². The van der Waals surface area contributed by atoms with Crippen LogP contribution in [0.4, 0.5) is 10.3 Å². The van der Waals surface area contributed by atoms with Crippen molar-refractivity contribution in [1.29, 1.82) is 0 Å². The van der Waals surface area contributed by atoms with Crippen molar-refractivity contribution >= 4 is 11.9 Å². The van der Waals surface area contributed by atoms with E-state index in [-0.39, 0.29) is 23.7 Å². The Morgan fingerprint density at radius 3 is 2.87 bits per heavy atom. The van der Waals surface area contributed by atoms with Crippen LogP contribution < -0.4 is 10.6 Å². The number of hydrogen-bond acceptors (Lipinski definition) is 5. The molecule has 0 saturated heterocycles. The first-order valence-electron chi connectivity index (χ1n) is 7.71. The second-order valence-corrected chi connectivity index (χ2v) is 5.72. The van der Waals surface area contributed by atoms with E-state index in [0.29, 0.717) is 18.3 Å². The fourth-order valence-corrected chi connectivity index (χ4v) is 2.96. The average molecular weight is 318 g/mol. The predicted molar refractivity (Wildman–Crippen MR) is 82.3 cm³/mol. The molecule has 2 atom stereocenters. The lowest BCUT2D eigenvalue weighted by Gasteiger charge is -2.18. The van der Waals surface area contributed by atoms with E-state index in [0.717, 1.165) is 24.8 Å². The van der Waals surface area contributed by atoms with Crippen LogP contribution in [-0.4, -0.2) is 29.1 Å². The number of aromatic nitrogens is 2. The number of hydrogen-bond donors (Lipinski definition) is 2. The highest BCUT2D eigenvalue weighted by atomic mass is 19.1. The lowest BCUT2D eigenvalue weighted by molar-refractivity contribution is -0.124. The Labute approximate surface area is 133 Å². The van der Waals surface area contributed by atoms with Crippen molar-refractivity contribution in [1.82, 2.24) is 15.5 Å². The summed E-state index contributed by atoms with van der Waals surface area (Å²) in [6.45, 7) is 0. The van der Waals surface area contributed by atoms with Gasteiger partial charge in [-0.3, -0.25) is 4.79 Å². The minimum Gasteiger partial charge on any atom is -0.359 e. The Morgan fingerprint density at radius 1 is 1.35 bits per heavy atom. The van der Waals surface area contributed by atoms with Gasteiger partial charge in [0.2, 0.25) is 11.8 Å². The first-order valence-corrected chi connectivity index (χ1v) is 7.71. The molecule has 1 aromatic heterocycles. The minimum atomic E-state index is -0.275. The molecule has 0 radical (unpaired) electrons. The zero-order valence-electron chi connectivity index (χ0n) is 12.9. The van der Waals surface area contributed by atoms with Gasteiger partial charge in [-0.1, -0.05) is 18.6 Å². The fourth-order valence-electron chi connectivity index (χ4n) is 2.96. The molecule has 2 N–H and O–H groups in total. The van der Waals surface area contributed by atoms with Crippen LogP contribution in [0, 0.1) is 11.7 Å². The van der Waals surface area contributed by atoms with Crippen molar-refractivity contribution in [3.63, 3.8) is 0 Å². The van der Waals surface area contributed by atoms with Crippen LogP contribution in [-0.2, 0) is 11.2 Å². The highest BCUT2D eigenvalue weighted by Gasteiger charge is 2.33. The third kappa shape index (κ3) is 3.67. The number of nitrogens with zero attached hydrogens (tertiary/aromatic N) is 2. The van der Waals surface area contributed by atoms with Crippen molar-refractivity contribution in [2.45, 2.75) is 31.7 Å². The molecule has 1 aliphatic carbocycles. The van der Waals surface area contributed by atoms with E-state index in [4.69, 9.17) is 4.52 Å². The maximum atomic E-state index is 12.9. The molecular weight excluding hydrogens is 299 g/mol. The molecule has 1 heterocycles. The quantitative estimate of drug-likeness (QED) is 0.883. The standard InChI is InChI=1S/C16H19FN4O2/c1-18-15(22)12-3-2-4-13(12)19-16-20-14(23-21-16)9-10-5-7-11(17)8-6-10/h5-8,12-13H,2-4,9H2,1H3,(H,18,22)(H,19,21)/t12-,13-/m0/s1. The van der Waals surface area contributed by atoms with E-state index < -0.39 is 0 Å². The summed E-state index contributed by atoms with van der Waals surface area (Å²) >= 11 is 0. The maximum Gasteiger partial charge on any atom is 0.263 e. The van der Waals surface area contributed by atoms with Gasteiger partial charge in [-0.2, -0.15) is 4.98 Å². The number of halogens is 1. The number of anilines is 1. The summed E-state index contributed by atoms with van der Waals surface area (Å²) in [6.07, 6.45) is 3.20. The molecule has 7 heteroatoms. The molecule has 1 fully saturated rings. The van der Waals surface area contributed by atoms with Crippen LogP contribution in [0.1, 0.15) is 30.7 Å². The monoisotopic (exact) mass is 318 g/mol. The lowest BCUT2D eigenvalue weighted by atomic mass is 10.0. The summed E-state index contributed by atoms with van der Waals surface area (Å²) in [7, 11) is 1.65. The zero-order chi connectivity index (χ0) is 16.2. The Bertz CT molecular complexity index is 671. The molecule has 0 spiro atoms. The SMILES string of the molecule is CNC(=O)[C@H]1CCC[C@@H]1Nc1noc(Cc2ccc(F)cc2)n1. The fraction of sp³-hybridized carbons (Fsp3) is 0.438. The average Bonchev–Trinajstić information content (AvgIpc) is 3.19. The molecule has 1 saturated carbocycles.